The number of hydrogen-bond donors (Lipinski definition) is 1. The number of benzene rings is 1. The summed E-state index contributed by atoms with van der Waals surface area (Å²) >= 11 is 0. The lowest BCUT2D eigenvalue weighted by molar-refractivity contribution is -0.140. The molecule has 1 N–H and O–H groups in total. The molecule has 0 atom stereocenters. The first-order valence-electron chi connectivity index (χ1n) is 9.66. The zero-order valence-electron chi connectivity index (χ0n) is 15.3. The molecule has 27 heavy (non-hydrogen) atoms. The normalized spacial score (nSPS) is 18.6. The van der Waals surface area contributed by atoms with Gasteiger partial charge in [-0.2, -0.15) is 0 Å². The van der Waals surface area contributed by atoms with E-state index in [4.69, 9.17) is 4.74 Å². The first kappa shape index (κ1) is 16.5. The second-order valence-corrected chi connectivity index (χ2v) is 7.54. The molecule has 4 heterocycles. The summed E-state index contributed by atoms with van der Waals surface area (Å²) in [5, 5.41) is 1.31. The van der Waals surface area contributed by atoms with Crippen molar-refractivity contribution in [3.05, 3.63) is 65.6 Å². The van der Waals surface area contributed by atoms with Gasteiger partial charge in [-0.15, -0.1) is 0 Å². The monoisotopic (exact) mass is 361 g/mol. The van der Waals surface area contributed by atoms with Gasteiger partial charge in [0.05, 0.1) is 18.7 Å². The van der Waals surface area contributed by atoms with E-state index < -0.39 is 0 Å². The predicted octanol–water partition coefficient (Wildman–Crippen LogP) is 3.20. The van der Waals surface area contributed by atoms with Crippen LogP contribution in [0.5, 0.6) is 0 Å². The molecule has 5 nitrogen and oxygen atoms in total. The van der Waals surface area contributed by atoms with Crippen LogP contribution >= 0.6 is 0 Å². The van der Waals surface area contributed by atoms with Gasteiger partial charge in [0, 0.05) is 36.4 Å². The number of nitrogens with zero attached hydrogens (tertiary/aromatic N) is 2. The summed E-state index contributed by atoms with van der Waals surface area (Å²) in [6.45, 7) is 2.21. The van der Waals surface area contributed by atoms with Crippen LogP contribution in [0.4, 0.5) is 0 Å². The highest BCUT2D eigenvalue weighted by atomic mass is 16.5. The number of carbonyl (C=O) groups is 1. The van der Waals surface area contributed by atoms with Crippen LogP contribution in [0.15, 0.2) is 48.8 Å². The smallest absolute Gasteiger partial charge is 0.227 e. The summed E-state index contributed by atoms with van der Waals surface area (Å²) in [6.07, 6.45) is 6.54. The summed E-state index contributed by atoms with van der Waals surface area (Å²) < 4.78 is 6.33. The SMILES string of the molecule is O=C(Cc1cccnc1)N1CCC2(CC1)OCCc1c2[nH]c2ccccc12. The van der Waals surface area contributed by atoms with Gasteiger partial charge in [-0.3, -0.25) is 9.78 Å². The van der Waals surface area contributed by atoms with E-state index in [9.17, 15) is 4.79 Å². The number of fused-ring (bicyclic) bond motifs is 4. The molecule has 2 aliphatic rings. The van der Waals surface area contributed by atoms with Gasteiger partial charge in [0.15, 0.2) is 0 Å². The van der Waals surface area contributed by atoms with E-state index >= 15 is 0 Å². The van der Waals surface area contributed by atoms with Crippen LogP contribution in [0.25, 0.3) is 10.9 Å². The van der Waals surface area contributed by atoms with Crippen molar-refractivity contribution in [1.29, 1.82) is 0 Å². The number of rotatable bonds is 2. The highest BCUT2D eigenvalue weighted by Gasteiger charge is 2.43. The van der Waals surface area contributed by atoms with Crippen LogP contribution < -0.4 is 0 Å². The van der Waals surface area contributed by atoms with Crippen LogP contribution in [0, 0.1) is 0 Å². The number of piperidine rings is 1. The zero-order valence-corrected chi connectivity index (χ0v) is 15.3. The Balaban J connectivity index is 1.35. The number of hydrogen-bond acceptors (Lipinski definition) is 3. The van der Waals surface area contributed by atoms with Gasteiger partial charge in [-0.05, 0) is 42.5 Å². The van der Waals surface area contributed by atoms with Crippen LogP contribution in [0.2, 0.25) is 0 Å². The van der Waals surface area contributed by atoms with Gasteiger partial charge in [0.1, 0.15) is 5.60 Å². The van der Waals surface area contributed by atoms with Gasteiger partial charge < -0.3 is 14.6 Å². The molecule has 0 bridgehead atoms. The lowest BCUT2D eigenvalue weighted by Crippen LogP contribution is -2.48. The second-order valence-electron chi connectivity index (χ2n) is 7.54. The Morgan fingerprint density at radius 1 is 1.19 bits per heavy atom. The van der Waals surface area contributed by atoms with E-state index in [1.807, 2.05) is 17.0 Å². The number of aromatic amines is 1. The maximum atomic E-state index is 12.7. The predicted molar refractivity (Wildman–Crippen MR) is 103 cm³/mol. The number of H-pyrrole nitrogens is 1. The first-order valence-corrected chi connectivity index (χ1v) is 9.66. The van der Waals surface area contributed by atoms with Crippen molar-refractivity contribution in [2.45, 2.75) is 31.3 Å². The molecule has 1 amide bonds. The Bertz CT molecular complexity index is 972. The zero-order chi connectivity index (χ0) is 18.3. The summed E-state index contributed by atoms with van der Waals surface area (Å²) in [6, 6.07) is 12.3. The lowest BCUT2D eigenvalue weighted by Gasteiger charge is -2.43. The maximum Gasteiger partial charge on any atom is 0.227 e. The van der Waals surface area contributed by atoms with Gasteiger partial charge in [-0.25, -0.2) is 0 Å². The molecule has 5 rings (SSSR count). The third kappa shape index (κ3) is 2.82. The molecule has 1 aromatic carbocycles. The highest BCUT2D eigenvalue weighted by molar-refractivity contribution is 5.85. The molecule has 1 spiro atoms. The Morgan fingerprint density at radius 3 is 2.85 bits per heavy atom. The number of carbonyl (C=O) groups excluding carboxylic acids is 1. The molecule has 2 aliphatic heterocycles. The van der Waals surface area contributed by atoms with Crippen molar-refractivity contribution in [3.63, 3.8) is 0 Å². The molecule has 0 unspecified atom stereocenters. The summed E-state index contributed by atoms with van der Waals surface area (Å²) in [4.78, 5) is 22.4. The molecular weight excluding hydrogens is 338 g/mol. The van der Waals surface area contributed by atoms with E-state index in [1.165, 1.54) is 22.2 Å². The van der Waals surface area contributed by atoms with Gasteiger partial charge >= 0.3 is 0 Å². The number of nitrogens with one attached hydrogen (secondary N) is 1. The van der Waals surface area contributed by atoms with Crippen molar-refractivity contribution in [1.82, 2.24) is 14.9 Å². The van der Waals surface area contributed by atoms with E-state index in [-0.39, 0.29) is 11.5 Å². The standard InChI is InChI=1S/C22H23N3O2/c26-20(14-16-4-3-10-23-15-16)25-11-8-22(9-12-25)21-18(7-13-27-22)17-5-1-2-6-19(17)24-21/h1-6,10,15,24H,7-9,11-14H2. The Morgan fingerprint density at radius 2 is 2.04 bits per heavy atom. The topological polar surface area (TPSA) is 58.2 Å². The molecule has 2 aromatic heterocycles. The molecule has 0 radical (unpaired) electrons. The number of likely N-dealkylation sites (tertiary alicyclic amines) is 1. The van der Waals surface area contributed by atoms with Gasteiger partial charge in [0.25, 0.3) is 0 Å². The fourth-order valence-electron chi connectivity index (χ4n) is 4.57. The average molecular weight is 361 g/mol. The number of pyridine rings is 1. The molecule has 0 saturated carbocycles. The largest absolute Gasteiger partial charge is 0.368 e. The first-order chi connectivity index (χ1) is 13.3. The third-order valence-corrected chi connectivity index (χ3v) is 6.00. The fraction of sp³-hybridized carbons (Fsp3) is 0.364. The van der Waals surface area contributed by atoms with Crippen molar-refractivity contribution in [2.24, 2.45) is 0 Å². The summed E-state index contributed by atoms with van der Waals surface area (Å²) in [5.74, 6) is 0.172. The van der Waals surface area contributed by atoms with Crippen molar-refractivity contribution >= 4 is 16.8 Å². The molecule has 5 heteroatoms. The van der Waals surface area contributed by atoms with E-state index in [1.54, 1.807) is 12.4 Å². The van der Waals surface area contributed by atoms with Crippen molar-refractivity contribution in [3.8, 4) is 0 Å². The minimum atomic E-state index is -0.280. The average Bonchev–Trinajstić information content (AvgIpc) is 3.10. The minimum absolute atomic E-state index is 0.172. The summed E-state index contributed by atoms with van der Waals surface area (Å²) in [5.41, 5.74) is 4.50. The minimum Gasteiger partial charge on any atom is -0.368 e. The molecular formula is C22H23N3O2. The van der Waals surface area contributed by atoms with Crippen LogP contribution in [-0.4, -0.2) is 40.5 Å². The fourth-order valence-corrected chi connectivity index (χ4v) is 4.57. The van der Waals surface area contributed by atoms with Gasteiger partial charge in [0.2, 0.25) is 5.91 Å². The van der Waals surface area contributed by atoms with Crippen LogP contribution in [0.3, 0.4) is 0 Å². The number of amides is 1. The van der Waals surface area contributed by atoms with Crippen molar-refractivity contribution in [2.75, 3.05) is 19.7 Å². The Hall–Kier alpha value is -2.66. The third-order valence-electron chi connectivity index (χ3n) is 6.00. The Kier molecular flexibility index (Phi) is 3.97. The van der Waals surface area contributed by atoms with Crippen LogP contribution in [-0.2, 0) is 28.0 Å². The quantitative estimate of drug-likeness (QED) is 0.763. The molecule has 0 aliphatic carbocycles. The number of aromatic nitrogens is 2. The molecule has 3 aromatic rings. The number of ether oxygens (including phenoxy) is 1. The van der Waals surface area contributed by atoms with E-state index in [0.29, 0.717) is 6.42 Å². The maximum absolute atomic E-state index is 12.7. The molecule has 1 fully saturated rings. The lowest BCUT2D eigenvalue weighted by atomic mass is 9.83. The van der Waals surface area contributed by atoms with E-state index in [2.05, 4.69) is 34.2 Å². The second kappa shape index (κ2) is 6.50. The molecule has 1 saturated heterocycles. The summed E-state index contributed by atoms with van der Waals surface area (Å²) in [7, 11) is 0. The van der Waals surface area contributed by atoms with E-state index in [0.717, 1.165) is 44.5 Å². The number of para-hydroxylation sites is 1. The Labute approximate surface area is 158 Å². The van der Waals surface area contributed by atoms with Crippen molar-refractivity contribution < 1.29 is 9.53 Å². The van der Waals surface area contributed by atoms with Crippen LogP contribution in [0.1, 0.15) is 29.7 Å². The molecule has 138 valence electrons. The van der Waals surface area contributed by atoms with Gasteiger partial charge in [-0.1, -0.05) is 24.3 Å². The highest BCUT2D eigenvalue weighted by Crippen LogP contribution is 2.43.